The molecule has 0 radical (unpaired) electrons. The molecule has 0 bridgehead atoms. The maximum absolute atomic E-state index is 5.22. The van der Waals surface area contributed by atoms with Gasteiger partial charge in [-0.15, -0.1) is 0 Å². The quantitative estimate of drug-likeness (QED) is 0.789. The molecule has 2 aromatic rings. The SMILES string of the molecule is COCCn1c(C)cc2cc(OC)ccc21. The van der Waals surface area contributed by atoms with Crippen LogP contribution in [-0.2, 0) is 11.3 Å². The lowest BCUT2D eigenvalue weighted by atomic mass is 10.2. The van der Waals surface area contributed by atoms with Crippen LogP contribution in [0.15, 0.2) is 24.3 Å². The van der Waals surface area contributed by atoms with Crippen LogP contribution in [0.3, 0.4) is 0 Å². The van der Waals surface area contributed by atoms with Gasteiger partial charge in [-0.3, -0.25) is 0 Å². The Morgan fingerprint density at radius 3 is 2.69 bits per heavy atom. The van der Waals surface area contributed by atoms with Gasteiger partial charge >= 0.3 is 0 Å². The first kappa shape index (κ1) is 11.0. The van der Waals surface area contributed by atoms with Crippen molar-refractivity contribution in [2.24, 2.45) is 0 Å². The minimum Gasteiger partial charge on any atom is -0.497 e. The van der Waals surface area contributed by atoms with Crippen LogP contribution in [0, 0.1) is 6.92 Å². The van der Waals surface area contributed by atoms with Crippen LogP contribution >= 0.6 is 0 Å². The summed E-state index contributed by atoms with van der Waals surface area (Å²) in [5.41, 5.74) is 2.48. The third kappa shape index (κ3) is 1.91. The Bertz CT molecular complexity index is 488. The Morgan fingerprint density at radius 2 is 2.00 bits per heavy atom. The first-order valence-corrected chi connectivity index (χ1v) is 5.39. The second-order valence-electron chi connectivity index (χ2n) is 3.85. The number of aromatic nitrogens is 1. The predicted molar refractivity (Wildman–Crippen MR) is 65.1 cm³/mol. The average molecular weight is 219 g/mol. The van der Waals surface area contributed by atoms with Gasteiger partial charge in [0.15, 0.2) is 0 Å². The van der Waals surface area contributed by atoms with E-state index in [1.807, 2.05) is 6.07 Å². The first-order valence-electron chi connectivity index (χ1n) is 5.39. The molecule has 86 valence electrons. The molecule has 0 aliphatic heterocycles. The number of rotatable bonds is 4. The predicted octanol–water partition coefficient (Wildman–Crippen LogP) is 2.60. The second kappa shape index (κ2) is 4.58. The Labute approximate surface area is 95.6 Å². The van der Waals surface area contributed by atoms with Crippen LogP contribution in [0.1, 0.15) is 5.69 Å². The van der Waals surface area contributed by atoms with Gasteiger partial charge in [0.25, 0.3) is 0 Å². The zero-order valence-electron chi connectivity index (χ0n) is 9.99. The molecule has 0 amide bonds. The average Bonchev–Trinajstić information content (AvgIpc) is 2.61. The van der Waals surface area contributed by atoms with Gasteiger partial charge in [-0.25, -0.2) is 0 Å². The molecule has 0 N–H and O–H groups in total. The zero-order valence-corrected chi connectivity index (χ0v) is 9.99. The maximum Gasteiger partial charge on any atom is 0.119 e. The molecular formula is C13H17NO2. The molecule has 0 spiro atoms. The molecule has 0 saturated carbocycles. The molecule has 0 atom stereocenters. The minimum atomic E-state index is 0.733. The molecule has 0 unspecified atom stereocenters. The Kier molecular flexibility index (Phi) is 3.15. The van der Waals surface area contributed by atoms with E-state index in [-0.39, 0.29) is 0 Å². The van der Waals surface area contributed by atoms with Gasteiger partial charge in [-0.05, 0) is 31.2 Å². The highest BCUT2D eigenvalue weighted by Gasteiger charge is 2.05. The Hall–Kier alpha value is -1.48. The summed E-state index contributed by atoms with van der Waals surface area (Å²) in [6.45, 7) is 3.73. The lowest BCUT2D eigenvalue weighted by Crippen LogP contribution is -2.05. The molecule has 1 aromatic heterocycles. The molecule has 0 aliphatic carbocycles. The standard InChI is InChI=1S/C13H17NO2/c1-10-8-11-9-12(16-3)4-5-13(11)14(10)6-7-15-2/h4-5,8-9H,6-7H2,1-3H3. The van der Waals surface area contributed by atoms with Gasteiger partial charge in [-0.2, -0.15) is 0 Å². The van der Waals surface area contributed by atoms with Crippen LogP contribution in [0.4, 0.5) is 0 Å². The molecule has 0 fully saturated rings. The van der Waals surface area contributed by atoms with Gasteiger partial charge < -0.3 is 14.0 Å². The molecule has 16 heavy (non-hydrogen) atoms. The Balaban J connectivity index is 2.45. The zero-order chi connectivity index (χ0) is 11.5. The van der Waals surface area contributed by atoms with Crippen molar-refractivity contribution in [2.75, 3.05) is 20.8 Å². The van der Waals surface area contributed by atoms with Crippen LogP contribution in [0.25, 0.3) is 10.9 Å². The lowest BCUT2D eigenvalue weighted by molar-refractivity contribution is 0.188. The molecule has 0 saturated heterocycles. The summed E-state index contributed by atoms with van der Waals surface area (Å²) in [5.74, 6) is 0.899. The second-order valence-corrected chi connectivity index (χ2v) is 3.85. The lowest BCUT2D eigenvalue weighted by Gasteiger charge is -2.07. The van der Waals surface area contributed by atoms with E-state index in [4.69, 9.17) is 9.47 Å². The summed E-state index contributed by atoms with van der Waals surface area (Å²) in [6, 6.07) is 8.32. The summed E-state index contributed by atoms with van der Waals surface area (Å²) in [5, 5.41) is 1.22. The molecule has 1 aromatic carbocycles. The highest BCUT2D eigenvalue weighted by atomic mass is 16.5. The Morgan fingerprint density at radius 1 is 1.19 bits per heavy atom. The molecule has 0 aliphatic rings. The van der Waals surface area contributed by atoms with Crippen molar-refractivity contribution in [1.29, 1.82) is 0 Å². The largest absolute Gasteiger partial charge is 0.497 e. The van der Waals surface area contributed by atoms with Crippen molar-refractivity contribution in [3.05, 3.63) is 30.0 Å². The van der Waals surface area contributed by atoms with E-state index in [1.165, 1.54) is 16.6 Å². The number of fused-ring (bicyclic) bond motifs is 1. The summed E-state index contributed by atoms with van der Waals surface area (Å²) in [6.07, 6.45) is 0. The first-order chi connectivity index (χ1) is 7.76. The number of methoxy groups -OCH3 is 2. The van der Waals surface area contributed by atoms with E-state index in [2.05, 4.69) is 29.7 Å². The van der Waals surface area contributed by atoms with E-state index in [0.717, 1.165) is 18.9 Å². The molecule has 1 heterocycles. The number of nitrogens with zero attached hydrogens (tertiary/aromatic N) is 1. The summed E-state index contributed by atoms with van der Waals surface area (Å²) in [4.78, 5) is 0. The monoisotopic (exact) mass is 219 g/mol. The molecule has 3 heteroatoms. The fourth-order valence-corrected chi connectivity index (χ4v) is 1.99. The number of hydrogen-bond donors (Lipinski definition) is 0. The normalized spacial score (nSPS) is 10.9. The van der Waals surface area contributed by atoms with Crippen LogP contribution in [0.5, 0.6) is 5.75 Å². The topological polar surface area (TPSA) is 23.4 Å². The highest BCUT2D eigenvalue weighted by Crippen LogP contribution is 2.24. The molecular weight excluding hydrogens is 202 g/mol. The van der Waals surface area contributed by atoms with Crippen LogP contribution in [-0.4, -0.2) is 25.4 Å². The number of benzene rings is 1. The smallest absolute Gasteiger partial charge is 0.119 e. The van der Waals surface area contributed by atoms with E-state index in [0.29, 0.717) is 0 Å². The van der Waals surface area contributed by atoms with Gasteiger partial charge in [-0.1, -0.05) is 0 Å². The molecule has 3 nitrogen and oxygen atoms in total. The van der Waals surface area contributed by atoms with E-state index < -0.39 is 0 Å². The van der Waals surface area contributed by atoms with Crippen LogP contribution < -0.4 is 4.74 Å². The van der Waals surface area contributed by atoms with Gasteiger partial charge in [0.1, 0.15) is 5.75 Å². The number of aryl methyl sites for hydroxylation is 1. The third-order valence-electron chi connectivity index (χ3n) is 2.83. The van der Waals surface area contributed by atoms with E-state index in [1.54, 1.807) is 14.2 Å². The van der Waals surface area contributed by atoms with Crippen molar-refractivity contribution >= 4 is 10.9 Å². The fraction of sp³-hybridized carbons (Fsp3) is 0.385. The fourth-order valence-electron chi connectivity index (χ4n) is 1.99. The van der Waals surface area contributed by atoms with Crippen LogP contribution in [0.2, 0.25) is 0 Å². The third-order valence-corrected chi connectivity index (χ3v) is 2.83. The summed E-state index contributed by atoms with van der Waals surface area (Å²) in [7, 11) is 3.42. The van der Waals surface area contributed by atoms with Gasteiger partial charge in [0.2, 0.25) is 0 Å². The van der Waals surface area contributed by atoms with Crippen molar-refractivity contribution in [3.8, 4) is 5.75 Å². The number of ether oxygens (including phenoxy) is 2. The highest BCUT2D eigenvalue weighted by molar-refractivity contribution is 5.82. The maximum atomic E-state index is 5.22. The summed E-state index contributed by atoms with van der Waals surface area (Å²) >= 11 is 0. The van der Waals surface area contributed by atoms with Crippen molar-refractivity contribution in [1.82, 2.24) is 4.57 Å². The van der Waals surface area contributed by atoms with E-state index in [9.17, 15) is 0 Å². The van der Waals surface area contributed by atoms with Gasteiger partial charge in [0, 0.05) is 30.3 Å². The molecule has 2 rings (SSSR count). The van der Waals surface area contributed by atoms with Gasteiger partial charge in [0.05, 0.1) is 13.7 Å². The van der Waals surface area contributed by atoms with Crippen molar-refractivity contribution in [2.45, 2.75) is 13.5 Å². The minimum absolute atomic E-state index is 0.733. The van der Waals surface area contributed by atoms with Crippen molar-refractivity contribution in [3.63, 3.8) is 0 Å². The number of hydrogen-bond acceptors (Lipinski definition) is 2. The summed E-state index contributed by atoms with van der Waals surface area (Å²) < 4.78 is 12.6. The van der Waals surface area contributed by atoms with E-state index >= 15 is 0 Å². The van der Waals surface area contributed by atoms with Crippen molar-refractivity contribution < 1.29 is 9.47 Å².